The SMILES string of the molecule is C[C@@H](C(=O)Nc1ccc2c(-c3ccncc3)c(-c3ccc(F)cc3)[nH]c2n1)N(C)C. The summed E-state index contributed by atoms with van der Waals surface area (Å²) in [5.41, 5.74) is 4.22. The Labute approximate surface area is 173 Å². The fourth-order valence-corrected chi connectivity index (χ4v) is 3.26. The van der Waals surface area contributed by atoms with Crippen molar-refractivity contribution in [3.63, 3.8) is 0 Å². The molecule has 0 bridgehead atoms. The molecule has 0 spiro atoms. The Hall–Kier alpha value is -3.58. The first-order valence-corrected chi connectivity index (χ1v) is 9.60. The maximum atomic E-state index is 13.5. The highest BCUT2D eigenvalue weighted by atomic mass is 19.1. The molecule has 0 aliphatic carbocycles. The molecule has 152 valence electrons. The number of hydrogen-bond acceptors (Lipinski definition) is 4. The van der Waals surface area contributed by atoms with Crippen LogP contribution in [-0.2, 0) is 4.79 Å². The van der Waals surface area contributed by atoms with E-state index in [2.05, 4.69) is 20.3 Å². The van der Waals surface area contributed by atoms with Gasteiger partial charge in [-0.15, -0.1) is 0 Å². The Morgan fingerprint density at radius 3 is 2.40 bits per heavy atom. The van der Waals surface area contributed by atoms with Crippen LogP contribution in [0.2, 0.25) is 0 Å². The minimum absolute atomic E-state index is 0.133. The number of carbonyl (C=O) groups excluding carboxylic acids is 1. The van der Waals surface area contributed by atoms with Gasteiger partial charge in [0.05, 0.1) is 11.7 Å². The van der Waals surface area contributed by atoms with Crippen molar-refractivity contribution in [3.8, 4) is 22.4 Å². The highest BCUT2D eigenvalue weighted by Crippen LogP contribution is 2.38. The van der Waals surface area contributed by atoms with Crippen LogP contribution in [0.4, 0.5) is 10.2 Å². The molecule has 0 unspecified atom stereocenters. The summed E-state index contributed by atoms with van der Waals surface area (Å²) in [6.45, 7) is 1.83. The summed E-state index contributed by atoms with van der Waals surface area (Å²) in [4.78, 5) is 26.3. The standard InChI is InChI=1S/C23H22FN5O/c1-14(29(2)3)23(30)27-19-9-8-18-20(15-10-12-25-13-11-15)21(28-22(18)26-19)16-4-6-17(24)7-5-16/h4-14H,1-3H3,(H2,26,27,28,30)/t14-/m0/s1. The van der Waals surface area contributed by atoms with Gasteiger partial charge in [0.1, 0.15) is 17.3 Å². The summed E-state index contributed by atoms with van der Waals surface area (Å²) in [5.74, 6) is 0.0411. The fourth-order valence-electron chi connectivity index (χ4n) is 3.26. The quantitative estimate of drug-likeness (QED) is 0.520. The molecule has 3 heterocycles. The van der Waals surface area contributed by atoms with Gasteiger partial charge in [-0.2, -0.15) is 0 Å². The number of hydrogen-bond donors (Lipinski definition) is 2. The number of benzene rings is 1. The van der Waals surface area contributed by atoms with Crippen LogP contribution in [0, 0.1) is 5.82 Å². The number of pyridine rings is 2. The number of rotatable bonds is 5. The average molecular weight is 403 g/mol. The van der Waals surface area contributed by atoms with Crippen LogP contribution in [0.1, 0.15) is 6.92 Å². The molecule has 0 saturated heterocycles. The van der Waals surface area contributed by atoms with Crippen LogP contribution in [-0.4, -0.2) is 45.9 Å². The van der Waals surface area contributed by atoms with Crippen molar-refractivity contribution in [3.05, 3.63) is 66.7 Å². The molecule has 4 rings (SSSR count). The Morgan fingerprint density at radius 1 is 1.03 bits per heavy atom. The zero-order chi connectivity index (χ0) is 21.3. The van der Waals surface area contributed by atoms with Gasteiger partial charge in [0.15, 0.2) is 0 Å². The predicted molar refractivity (Wildman–Crippen MR) is 116 cm³/mol. The number of carbonyl (C=O) groups is 1. The fraction of sp³-hybridized carbons (Fsp3) is 0.174. The summed E-state index contributed by atoms with van der Waals surface area (Å²) in [5, 5.41) is 3.76. The second-order valence-electron chi connectivity index (χ2n) is 7.34. The first-order valence-electron chi connectivity index (χ1n) is 9.60. The Morgan fingerprint density at radius 2 is 1.73 bits per heavy atom. The molecular formula is C23H22FN5O. The van der Waals surface area contributed by atoms with Crippen molar-refractivity contribution >= 4 is 22.8 Å². The zero-order valence-corrected chi connectivity index (χ0v) is 17.0. The largest absolute Gasteiger partial charge is 0.339 e. The number of halogens is 1. The lowest BCUT2D eigenvalue weighted by molar-refractivity contribution is -0.119. The summed E-state index contributed by atoms with van der Waals surface area (Å²) < 4.78 is 13.5. The molecule has 0 saturated carbocycles. The van der Waals surface area contributed by atoms with Crippen molar-refractivity contribution in [2.45, 2.75) is 13.0 Å². The topological polar surface area (TPSA) is 73.9 Å². The number of nitrogens with zero attached hydrogens (tertiary/aromatic N) is 3. The van der Waals surface area contributed by atoms with Crippen molar-refractivity contribution in [2.24, 2.45) is 0 Å². The van der Waals surface area contributed by atoms with Gasteiger partial charge in [0.2, 0.25) is 5.91 Å². The monoisotopic (exact) mass is 403 g/mol. The minimum Gasteiger partial charge on any atom is -0.339 e. The highest BCUT2D eigenvalue weighted by molar-refractivity contribution is 6.03. The first kappa shape index (κ1) is 19.7. The van der Waals surface area contributed by atoms with Gasteiger partial charge in [-0.3, -0.25) is 14.7 Å². The number of H-pyrrole nitrogens is 1. The third-order valence-electron chi connectivity index (χ3n) is 5.17. The van der Waals surface area contributed by atoms with Gasteiger partial charge < -0.3 is 10.3 Å². The van der Waals surface area contributed by atoms with E-state index in [1.165, 1.54) is 12.1 Å². The summed E-state index contributed by atoms with van der Waals surface area (Å²) in [6.07, 6.45) is 3.46. The van der Waals surface area contributed by atoms with E-state index in [9.17, 15) is 9.18 Å². The Bertz CT molecular complexity index is 1190. The van der Waals surface area contributed by atoms with E-state index in [4.69, 9.17) is 0 Å². The number of amides is 1. The van der Waals surface area contributed by atoms with E-state index in [1.54, 1.807) is 30.6 Å². The Balaban J connectivity index is 1.82. The third-order valence-corrected chi connectivity index (χ3v) is 5.17. The number of aromatic nitrogens is 3. The number of fused-ring (bicyclic) bond motifs is 1. The van der Waals surface area contributed by atoms with E-state index in [1.807, 2.05) is 44.1 Å². The van der Waals surface area contributed by atoms with E-state index in [0.29, 0.717) is 11.5 Å². The number of likely N-dealkylation sites (N-methyl/N-ethyl adjacent to an activating group) is 1. The molecule has 1 atom stereocenters. The smallest absolute Gasteiger partial charge is 0.242 e. The zero-order valence-electron chi connectivity index (χ0n) is 17.0. The first-order chi connectivity index (χ1) is 14.4. The number of nitrogens with one attached hydrogen (secondary N) is 2. The molecular weight excluding hydrogens is 381 g/mol. The van der Waals surface area contributed by atoms with E-state index >= 15 is 0 Å². The molecule has 2 N–H and O–H groups in total. The number of anilines is 1. The highest BCUT2D eigenvalue weighted by Gasteiger charge is 2.19. The van der Waals surface area contributed by atoms with Crippen LogP contribution < -0.4 is 5.32 Å². The van der Waals surface area contributed by atoms with Crippen molar-refractivity contribution in [1.82, 2.24) is 19.9 Å². The average Bonchev–Trinajstić information content (AvgIpc) is 3.12. The molecule has 0 radical (unpaired) electrons. The second-order valence-corrected chi connectivity index (χ2v) is 7.34. The van der Waals surface area contributed by atoms with Crippen LogP contribution in [0.3, 0.4) is 0 Å². The van der Waals surface area contributed by atoms with Crippen LogP contribution >= 0.6 is 0 Å². The summed E-state index contributed by atoms with van der Waals surface area (Å²) in [6, 6.07) is 13.6. The number of aromatic amines is 1. The van der Waals surface area contributed by atoms with Gasteiger partial charge in [-0.05, 0) is 80.7 Å². The molecule has 6 nitrogen and oxygen atoms in total. The molecule has 30 heavy (non-hydrogen) atoms. The van der Waals surface area contributed by atoms with Crippen LogP contribution in [0.15, 0.2) is 60.9 Å². The summed E-state index contributed by atoms with van der Waals surface area (Å²) in [7, 11) is 3.70. The van der Waals surface area contributed by atoms with Gasteiger partial charge >= 0.3 is 0 Å². The lowest BCUT2D eigenvalue weighted by atomic mass is 10.00. The van der Waals surface area contributed by atoms with Gasteiger partial charge in [-0.1, -0.05) is 0 Å². The second kappa shape index (κ2) is 8.04. The van der Waals surface area contributed by atoms with Gasteiger partial charge in [0, 0.05) is 23.3 Å². The normalized spacial score (nSPS) is 12.3. The molecule has 3 aromatic heterocycles. The molecule has 7 heteroatoms. The van der Waals surface area contributed by atoms with E-state index < -0.39 is 0 Å². The lowest BCUT2D eigenvalue weighted by Gasteiger charge is -2.18. The predicted octanol–water partition coefficient (Wildman–Crippen LogP) is 4.32. The third kappa shape index (κ3) is 3.79. The van der Waals surface area contributed by atoms with Crippen LogP contribution in [0.5, 0.6) is 0 Å². The molecule has 0 aliphatic heterocycles. The molecule has 4 aromatic rings. The van der Waals surface area contributed by atoms with Gasteiger partial charge in [-0.25, -0.2) is 9.37 Å². The van der Waals surface area contributed by atoms with E-state index in [0.717, 1.165) is 27.8 Å². The van der Waals surface area contributed by atoms with Crippen molar-refractivity contribution in [2.75, 3.05) is 19.4 Å². The minimum atomic E-state index is -0.293. The molecule has 1 aromatic carbocycles. The van der Waals surface area contributed by atoms with Crippen molar-refractivity contribution < 1.29 is 9.18 Å². The lowest BCUT2D eigenvalue weighted by Crippen LogP contribution is -2.37. The maximum Gasteiger partial charge on any atom is 0.242 e. The van der Waals surface area contributed by atoms with E-state index in [-0.39, 0.29) is 17.8 Å². The molecule has 0 fully saturated rings. The van der Waals surface area contributed by atoms with Crippen LogP contribution in [0.25, 0.3) is 33.4 Å². The molecule has 1 amide bonds. The van der Waals surface area contributed by atoms with Crippen molar-refractivity contribution in [1.29, 1.82) is 0 Å². The Kier molecular flexibility index (Phi) is 5.29. The molecule has 0 aliphatic rings. The van der Waals surface area contributed by atoms with Gasteiger partial charge in [0.25, 0.3) is 0 Å². The summed E-state index contributed by atoms with van der Waals surface area (Å²) >= 11 is 0. The maximum absolute atomic E-state index is 13.5.